The second kappa shape index (κ2) is 8.51. The lowest BCUT2D eigenvalue weighted by Crippen LogP contribution is -2.16. The SMILES string of the molecule is Bc1c(OCCCC)cc(C(=O)O)cc1OCCCC. The van der Waals surface area contributed by atoms with E-state index in [0.717, 1.165) is 31.1 Å². The minimum absolute atomic E-state index is 0.202. The third-order valence-electron chi connectivity index (χ3n) is 3.07. The second-order valence-electron chi connectivity index (χ2n) is 4.81. The Kier molecular flexibility index (Phi) is 6.98. The van der Waals surface area contributed by atoms with Crippen molar-refractivity contribution in [2.45, 2.75) is 39.5 Å². The Balaban J connectivity index is 2.93. The van der Waals surface area contributed by atoms with Gasteiger partial charge in [-0.3, -0.25) is 0 Å². The van der Waals surface area contributed by atoms with Gasteiger partial charge in [-0.2, -0.15) is 0 Å². The monoisotopic (exact) mass is 278 g/mol. The number of carbonyl (C=O) groups is 1. The van der Waals surface area contributed by atoms with Gasteiger partial charge in [0.1, 0.15) is 19.3 Å². The van der Waals surface area contributed by atoms with E-state index in [9.17, 15) is 4.79 Å². The molecule has 0 radical (unpaired) electrons. The smallest absolute Gasteiger partial charge is 0.335 e. The summed E-state index contributed by atoms with van der Waals surface area (Å²) in [5, 5.41) is 9.16. The summed E-state index contributed by atoms with van der Waals surface area (Å²) >= 11 is 0. The third-order valence-corrected chi connectivity index (χ3v) is 3.07. The van der Waals surface area contributed by atoms with Crippen LogP contribution in [-0.4, -0.2) is 32.1 Å². The predicted octanol–water partition coefficient (Wildman–Crippen LogP) is 2.00. The van der Waals surface area contributed by atoms with Crippen LogP contribution in [0.5, 0.6) is 11.5 Å². The highest BCUT2D eigenvalue weighted by molar-refractivity contribution is 6.36. The van der Waals surface area contributed by atoms with Crippen molar-refractivity contribution in [3.05, 3.63) is 17.7 Å². The van der Waals surface area contributed by atoms with Crippen LogP contribution < -0.4 is 14.9 Å². The van der Waals surface area contributed by atoms with Crippen LogP contribution in [0.3, 0.4) is 0 Å². The van der Waals surface area contributed by atoms with Gasteiger partial charge in [0.25, 0.3) is 0 Å². The molecule has 4 nitrogen and oxygen atoms in total. The number of hydrogen-bond donors (Lipinski definition) is 1. The van der Waals surface area contributed by atoms with E-state index in [2.05, 4.69) is 13.8 Å². The molecule has 0 aromatic heterocycles. The Hall–Kier alpha value is -1.65. The molecule has 0 fully saturated rings. The maximum absolute atomic E-state index is 11.2. The van der Waals surface area contributed by atoms with E-state index in [1.165, 1.54) is 0 Å². The van der Waals surface area contributed by atoms with Gasteiger partial charge in [-0.15, -0.1) is 0 Å². The number of carboxylic acid groups (broad SMARTS) is 1. The number of aromatic carboxylic acids is 1. The number of hydrogen-bond acceptors (Lipinski definition) is 3. The molecule has 0 bridgehead atoms. The lowest BCUT2D eigenvalue weighted by molar-refractivity contribution is 0.0696. The fourth-order valence-electron chi connectivity index (χ4n) is 1.74. The number of ether oxygens (including phenoxy) is 2. The van der Waals surface area contributed by atoms with Crippen molar-refractivity contribution in [3.63, 3.8) is 0 Å². The molecule has 5 heteroatoms. The van der Waals surface area contributed by atoms with Gasteiger partial charge < -0.3 is 14.6 Å². The van der Waals surface area contributed by atoms with E-state index < -0.39 is 5.97 Å². The molecule has 0 atom stereocenters. The third kappa shape index (κ3) is 4.80. The Morgan fingerprint density at radius 3 is 1.90 bits per heavy atom. The van der Waals surface area contributed by atoms with Crippen LogP contribution in [0.2, 0.25) is 0 Å². The first-order chi connectivity index (χ1) is 9.60. The zero-order valence-electron chi connectivity index (χ0n) is 12.6. The van der Waals surface area contributed by atoms with Crippen molar-refractivity contribution in [2.75, 3.05) is 13.2 Å². The first-order valence-corrected chi connectivity index (χ1v) is 7.23. The summed E-state index contributed by atoms with van der Waals surface area (Å²) in [6.45, 7) is 5.36. The van der Waals surface area contributed by atoms with Crippen LogP contribution in [0, 0.1) is 0 Å². The predicted molar refractivity (Wildman–Crippen MR) is 82.4 cm³/mol. The molecule has 0 aliphatic rings. The lowest BCUT2D eigenvalue weighted by atomic mass is 9.92. The molecule has 0 saturated carbocycles. The summed E-state index contributed by atoms with van der Waals surface area (Å²) in [5.74, 6) is 0.236. The Morgan fingerprint density at radius 2 is 1.55 bits per heavy atom. The maximum Gasteiger partial charge on any atom is 0.335 e. The molecule has 0 heterocycles. The molecule has 0 spiro atoms. The summed E-state index contributed by atoms with van der Waals surface area (Å²) in [5.41, 5.74) is 1.07. The lowest BCUT2D eigenvalue weighted by Gasteiger charge is -2.15. The first kappa shape index (κ1) is 16.4. The topological polar surface area (TPSA) is 55.8 Å². The number of rotatable bonds is 9. The molecule has 0 amide bonds. The molecule has 110 valence electrons. The van der Waals surface area contributed by atoms with Crippen molar-refractivity contribution in [2.24, 2.45) is 0 Å². The van der Waals surface area contributed by atoms with Gasteiger partial charge in [0.15, 0.2) is 0 Å². The van der Waals surface area contributed by atoms with Gasteiger partial charge in [-0.25, -0.2) is 4.79 Å². The number of unbranched alkanes of at least 4 members (excludes halogenated alkanes) is 2. The highest BCUT2D eigenvalue weighted by Crippen LogP contribution is 2.20. The molecular weight excluding hydrogens is 255 g/mol. The van der Waals surface area contributed by atoms with Crippen LogP contribution in [0.1, 0.15) is 49.9 Å². The molecule has 0 aliphatic heterocycles. The van der Waals surface area contributed by atoms with Gasteiger partial charge >= 0.3 is 5.97 Å². The molecule has 1 aromatic carbocycles. The fraction of sp³-hybridized carbons (Fsp3) is 0.533. The Bertz CT molecular complexity index is 414. The Morgan fingerprint density at radius 1 is 1.10 bits per heavy atom. The normalized spacial score (nSPS) is 10.3. The van der Waals surface area contributed by atoms with Crippen LogP contribution >= 0.6 is 0 Å². The molecule has 20 heavy (non-hydrogen) atoms. The van der Waals surface area contributed by atoms with Crippen LogP contribution in [0.4, 0.5) is 0 Å². The van der Waals surface area contributed by atoms with Crippen molar-refractivity contribution >= 4 is 19.3 Å². The second-order valence-corrected chi connectivity index (χ2v) is 4.81. The molecule has 0 unspecified atom stereocenters. The molecular formula is C15H23BO4. The average Bonchev–Trinajstić information content (AvgIpc) is 2.42. The van der Waals surface area contributed by atoms with Gasteiger partial charge in [-0.05, 0) is 30.4 Å². The van der Waals surface area contributed by atoms with Crippen LogP contribution in [-0.2, 0) is 0 Å². The largest absolute Gasteiger partial charge is 0.494 e. The van der Waals surface area contributed by atoms with E-state index in [-0.39, 0.29) is 5.56 Å². The van der Waals surface area contributed by atoms with Gasteiger partial charge in [-0.1, -0.05) is 26.7 Å². The summed E-state index contributed by atoms with van der Waals surface area (Å²) in [6, 6.07) is 3.14. The van der Waals surface area contributed by atoms with Crippen LogP contribution in [0.25, 0.3) is 0 Å². The minimum Gasteiger partial charge on any atom is -0.494 e. The van der Waals surface area contributed by atoms with E-state index in [1.807, 2.05) is 7.85 Å². The van der Waals surface area contributed by atoms with E-state index in [0.29, 0.717) is 24.7 Å². The fourth-order valence-corrected chi connectivity index (χ4v) is 1.74. The zero-order valence-corrected chi connectivity index (χ0v) is 12.6. The quantitative estimate of drug-likeness (QED) is 0.554. The van der Waals surface area contributed by atoms with Crippen molar-refractivity contribution in [1.29, 1.82) is 0 Å². The zero-order chi connectivity index (χ0) is 15.0. The van der Waals surface area contributed by atoms with Crippen LogP contribution in [0.15, 0.2) is 12.1 Å². The van der Waals surface area contributed by atoms with Crippen molar-refractivity contribution < 1.29 is 19.4 Å². The van der Waals surface area contributed by atoms with E-state index >= 15 is 0 Å². The molecule has 1 aromatic rings. The van der Waals surface area contributed by atoms with Gasteiger partial charge in [0, 0.05) is 0 Å². The molecule has 0 saturated heterocycles. The summed E-state index contributed by atoms with van der Waals surface area (Å²) in [7, 11) is 1.90. The molecule has 1 rings (SSSR count). The maximum atomic E-state index is 11.2. The Labute approximate surface area is 121 Å². The standard InChI is InChI=1S/C15H23BO4/c1-3-5-7-19-12-9-11(15(17)18)10-13(14(12)16)20-8-6-4-2/h9-10H,3-8,16H2,1-2H3,(H,17,18). The summed E-state index contributed by atoms with van der Waals surface area (Å²) in [6.07, 6.45) is 3.97. The summed E-state index contributed by atoms with van der Waals surface area (Å²) in [4.78, 5) is 11.2. The number of benzene rings is 1. The molecule has 1 N–H and O–H groups in total. The van der Waals surface area contributed by atoms with Crippen molar-refractivity contribution in [1.82, 2.24) is 0 Å². The van der Waals surface area contributed by atoms with E-state index in [1.54, 1.807) is 12.1 Å². The van der Waals surface area contributed by atoms with Gasteiger partial charge in [0.2, 0.25) is 0 Å². The highest BCUT2D eigenvalue weighted by Gasteiger charge is 2.13. The van der Waals surface area contributed by atoms with Gasteiger partial charge in [0.05, 0.1) is 18.8 Å². The van der Waals surface area contributed by atoms with E-state index in [4.69, 9.17) is 14.6 Å². The highest BCUT2D eigenvalue weighted by atomic mass is 16.5. The summed E-state index contributed by atoms with van der Waals surface area (Å²) < 4.78 is 11.3. The number of carboxylic acids is 1. The molecule has 0 aliphatic carbocycles. The van der Waals surface area contributed by atoms with Crippen molar-refractivity contribution in [3.8, 4) is 11.5 Å². The average molecular weight is 278 g/mol. The minimum atomic E-state index is -0.967. The first-order valence-electron chi connectivity index (χ1n) is 7.23.